The molecule has 24 heavy (non-hydrogen) atoms. The van der Waals surface area contributed by atoms with Crippen LogP contribution in [0.5, 0.6) is 0 Å². The maximum absolute atomic E-state index is 12.9. The standard InChI is InChI=1S/C19H21N3O2/c1-13(22-18(23)9-8-17(20-22)15-6-7-15)19(24)21-11-10-14-4-2-3-5-16(14)12-21/h2-5,8-9,13,15H,6-7,10-12H2,1H3/t13-/m0/s1. The third-order valence-corrected chi connectivity index (χ3v) is 5.01. The lowest BCUT2D eigenvalue weighted by Gasteiger charge is -2.31. The first-order valence-corrected chi connectivity index (χ1v) is 8.59. The lowest BCUT2D eigenvalue weighted by atomic mass is 9.99. The van der Waals surface area contributed by atoms with E-state index in [-0.39, 0.29) is 11.5 Å². The summed E-state index contributed by atoms with van der Waals surface area (Å²) in [6, 6.07) is 11.0. The van der Waals surface area contributed by atoms with Crippen LogP contribution in [-0.2, 0) is 17.8 Å². The van der Waals surface area contributed by atoms with Crippen molar-refractivity contribution in [2.45, 2.75) is 44.7 Å². The maximum atomic E-state index is 12.9. The average Bonchev–Trinajstić information content (AvgIpc) is 3.45. The van der Waals surface area contributed by atoms with E-state index in [2.05, 4.69) is 17.2 Å². The molecule has 0 radical (unpaired) electrons. The third kappa shape index (κ3) is 2.75. The van der Waals surface area contributed by atoms with E-state index in [1.54, 1.807) is 13.0 Å². The summed E-state index contributed by atoms with van der Waals surface area (Å²) in [6.07, 6.45) is 3.10. The summed E-state index contributed by atoms with van der Waals surface area (Å²) in [5, 5.41) is 4.45. The van der Waals surface area contributed by atoms with Gasteiger partial charge in [0.05, 0.1) is 5.69 Å². The molecule has 1 fully saturated rings. The average molecular weight is 323 g/mol. The van der Waals surface area contributed by atoms with E-state index < -0.39 is 6.04 Å². The van der Waals surface area contributed by atoms with Gasteiger partial charge in [-0.05, 0) is 43.4 Å². The van der Waals surface area contributed by atoms with Crippen LogP contribution in [-0.4, -0.2) is 27.1 Å². The molecular weight excluding hydrogens is 302 g/mol. The van der Waals surface area contributed by atoms with Crippen molar-refractivity contribution in [1.82, 2.24) is 14.7 Å². The van der Waals surface area contributed by atoms with E-state index in [9.17, 15) is 9.59 Å². The van der Waals surface area contributed by atoms with Crippen molar-refractivity contribution in [2.75, 3.05) is 6.54 Å². The molecule has 1 aliphatic carbocycles. The Kier molecular flexibility index (Phi) is 3.71. The maximum Gasteiger partial charge on any atom is 0.267 e. The Balaban J connectivity index is 1.56. The molecule has 0 spiro atoms. The molecule has 1 amide bonds. The molecule has 0 unspecified atom stereocenters. The van der Waals surface area contributed by atoms with Gasteiger partial charge in [-0.2, -0.15) is 5.10 Å². The highest BCUT2D eigenvalue weighted by Gasteiger charge is 2.29. The van der Waals surface area contributed by atoms with Gasteiger partial charge in [-0.15, -0.1) is 0 Å². The Hall–Kier alpha value is -2.43. The zero-order valence-corrected chi connectivity index (χ0v) is 13.8. The van der Waals surface area contributed by atoms with E-state index in [0.717, 1.165) is 25.0 Å². The van der Waals surface area contributed by atoms with Gasteiger partial charge in [0.1, 0.15) is 6.04 Å². The number of benzene rings is 1. The largest absolute Gasteiger partial charge is 0.336 e. The van der Waals surface area contributed by atoms with Gasteiger partial charge in [-0.3, -0.25) is 9.59 Å². The number of nitrogens with zero attached hydrogens (tertiary/aromatic N) is 3. The van der Waals surface area contributed by atoms with Gasteiger partial charge < -0.3 is 4.90 Å². The van der Waals surface area contributed by atoms with E-state index in [0.29, 0.717) is 19.0 Å². The number of hydrogen-bond donors (Lipinski definition) is 0. The molecule has 124 valence electrons. The van der Waals surface area contributed by atoms with Crippen molar-refractivity contribution in [2.24, 2.45) is 0 Å². The first-order valence-electron chi connectivity index (χ1n) is 8.59. The van der Waals surface area contributed by atoms with E-state index in [4.69, 9.17) is 0 Å². The number of amides is 1. The second-order valence-corrected chi connectivity index (χ2v) is 6.77. The predicted molar refractivity (Wildman–Crippen MR) is 90.7 cm³/mol. The Morgan fingerprint density at radius 3 is 2.67 bits per heavy atom. The van der Waals surface area contributed by atoms with E-state index >= 15 is 0 Å². The van der Waals surface area contributed by atoms with Crippen molar-refractivity contribution in [3.63, 3.8) is 0 Å². The molecule has 0 N–H and O–H groups in total. The summed E-state index contributed by atoms with van der Waals surface area (Å²) < 4.78 is 1.36. The second-order valence-electron chi connectivity index (χ2n) is 6.77. The van der Waals surface area contributed by atoms with Gasteiger partial charge in [0.25, 0.3) is 5.56 Å². The highest BCUT2D eigenvalue weighted by Crippen LogP contribution is 2.38. The minimum absolute atomic E-state index is 0.0351. The fraction of sp³-hybridized carbons (Fsp3) is 0.421. The quantitative estimate of drug-likeness (QED) is 0.871. The highest BCUT2D eigenvalue weighted by atomic mass is 16.2. The van der Waals surface area contributed by atoms with Gasteiger partial charge >= 0.3 is 0 Å². The van der Waals surface area contributed by atoms with Crippen molar-refractivity contribution in [3.8, 4) is 0 Å². The zero-order valence-electron chi connectivity index (χ0n) is 13.8. The molecule has 5 nitrogen and oxygen atoms in total. The molecule has 1 aliphatic heterocycles. The zero-order chi connectivity index (χ0) is 16.7. The Bertz CT molecular complexity index is 839. The van der Waals surface area contributed by atoms with Gasteiger partial charge in [0.15, 0.2) is 0 Å². The first-order chi connectivity index (χ1) is 11.6. The minimum atomic E-state index is -0.568. The Morgan fingerprint density at radius 2 is 1.92 bits per heavy atom. The summed E-state index contributed by atoms with van der Waals surface area (Å²) >= 11 is 0. The molecule has 1 saturated carbocycles. The topological polar surface area (TPSA) is 55.2 Å². The van der Waals surface area contributed by atoms with Crippen molar-refractivity contribution in [3.05, 3.63) is 63.6 Å². The second kappa shape index (κ2) is 5.89. The smallest absolute Gasteiger partial charge is 0.267 e. The number of carbonyl (C=O) groups excluding carboxylic acids is 1. The molecule has 0 bridgehead atoms. The van der Waals surface area contributed by atoms with Crippen LogP contribution in [0.1, 0.15) is 48.5 Å². The predicted octanol–water partition coefficient (Wildman–Crippen LogP) is 2.27. The van der Waals surface area contributed by atoms with Crippen LogP contribution in [0.15, 0.2) is 41.2 Å². The molecule has 2 aliphatic rings. The lowest BCUT2D eigenvalue weighted by Crippen LogP contribution is -2.42. The van der Waals surface area contributed by atoms with Crippen LogP contribution in [0.3, 0.4) is 0 Å². The SMILES string of the molecule is C[C@@H](C(=O)N1CCc2ccccc2C1)n1nc(C2CC2)ccc1=O. The molecule has 4 rings (SSSR count). The molecule has 5 heteroatoms. The summed E-state index contributed by atoms with van der Waals surface area (Å²) in [4.78, 5) is 26.9. The fourth-order valence-electron chi connectivity index (χ4n) is 3.37. The van der Waals surface area contributed by atoms with Crippen LogP contribution >= 0.6 is 0 Å². The molecule has 1 aromatic heterocycles. The van der Waals surface area contributed by atoms with Gasteiger partial charge in [0, 0.05) is 25.1 Å². The van der Waals surface area contributed by atoms with Gasteiger partial charge in [-0.1, -0.05) is 24.3 Å². The monoisotopic (exact) mass is 323 g/mol. The van der Waals surface area contributed by atoms with Crippen LogP contribution in [0, 0.1) is 0 Å². The number of aromatic nitrogens is 2. The molecule has 1 atom stereocenters. The number of hydrogen-bond acceptors (Lipinski definition) is 3. The van der Waals surface area contributed by atoms with Crippen LogP contribution < -0.4 is 5.56 Å². The van der Waals surface area contributed by atoms with Crippen LogP contribution in [0.2, 0.25) is 0 Å². The summed E-state index contributed by atoms with van der Waals surface area (Å²) in [5.41, 5.74) is 3.22. The minimum Gasteiger partial charge on any atom is -0.336 e. The molecule has 1 aromatic carbocycles. The van der Waals surface area contributed by atoms with Crippen LogP contribution in [0.4, 0.5) is 0 Å². The summed E-state index contributed by atoms with van der Waals surface area (Å²) in [6.45, 7) is 3.07. The molecule has 0 saturated heterocycles. The Labute approximate surface area is 140 Å². The van der Waals surface area contributed by atoms with Crippen molar-refractivity contribution in [1.29, 1.82) is 0 Å². The van der Waals surface area contributed by atoms with Gasteiger partial charge in [-0.25, -0.2) is 4.68 Å². The van der Waals surface area contributed by atoms with Crippen LogP contribution in [0.25, 0.3) is 0 Å². The number of fused-ring (bicyclic) bond motifs is 1. The van der Waals surface area contributed by atoms with E-state index in [1.165, 1.54) is 21.9 Å². The molecule has 2 heterocycles. The summed E-state index contributed by atoms with van der Waals surface area (Å²) in [5.74, 6) is 0.424. The lowest BCUT2D eigenvalue weighted by molar-refractivity contribution is -0.135. The number of carbonyl (C=O) groups is 1. The number of rotatable bonds is 3. The van der Waals surface area contributed by atoms with Gasteiger partial charge in [0.2, 0.25) is 5.91 Å². The Morgan fingerprint density at radius 1 is 1.17 bits per heavy atom. The molecular formula is C19H21N3O2. The van der Waals surface area contributed by atoms with Crippen molar-refractivity contribution < 1.29 is 4.79 Å². The normalized spacial score (nSPS) is 18.1. The summed E-state index contributed by atoms with van der Waals surface area (Å²) in [7, 11) is 0. The first kappa shape index (κ1) is 15.1. The molecule has 2 aromatic rings. The fourth-order valence-corrected chi connectivity index (χ4v) is 3.37. The van der Waals surface area contributed by atoms with E-state index in [1.807, 2.05) is 17.0 Å². The third-order valence-electron chi connectivity index (χ3n) is 5.01. The van der Waals surface area contributed by atoms with Crippen molar-refractivity contribution >= 4 is 5.91 Å². The highest BCUT2D eigenvalue weighted by molar-refractivity contribution is 5.80.